The first kappa shape index (κ1) is 21.4. The second-order valence-electron chi connectivity index (χ2n) is 8.88. The van der Waals surface area contributed by atoms with Crippen LogP contribution in [0.5, 0.6) is 0 Å². The van der Waals surface area contributed by atoms with E-state index in [0.29, 0.717) is 31.8 Å². The van der Waals surface area contributed by atoms with E-state index in [9.17, 15) is 9.59 Å². The molecule has 1 aliphatic heterocycles. The number of nitrogens with one attached hydrogen (secondary N) is 1. The van der Waals surface area contributed by atoms with Gasteiger partial charge in [0, 0.05) is 26.3 Å². The van der Waals surface area contributed by atoms with Gasteiger partial charge < -0.3 is 19.5 Å². The fourth-order valence-corrected chi connectivity index (χ4v) is 5.75. The molecule has 0 aromatic carbocycles. The van der Waals surface area contributed by atoms with Crippen molar-refractivity contribution in [3.8, 4) is 0 Å². The molecule has 7 heteroatoms. The predicted octanol–water partition coefficient (Wildman–Crippen LogP) is 4.18. The minimum absolute atomic E-state index is 0.0263. The highest BCUT2D eigenvalue weighted by Gasteiger charge is 2.47. The summed E-state index contributed by atoms with van der Waals surface area (Å²) in [6, 6.07) is 4.22. The van der Waals surface area contributed by atoms with Crippen LogP contribution in [0.25, 0.3) is 10.2 Å². The van der Waals surface area contributed by atoms with Gasteiger partial charge in [0.15, 0.2) is 0 Å². The third-order valence-electron chi connectivity index (χ3n) is 6.71. The Kier molecular flexibility index (Phi) is 6.48. The number of hydrogen-bond donors (Lipinski definition) is 1. The number of nitrogens with zero attached hydrogens (tertiary/aromatic N) is 2. The summed E-state index contributed by atoms with van der Waals surface area (Å²) in [5, 5.41) is 5.37. The van der Waals surface area contributed by atoms with Crippen molar-refractivity contribution in [3.63, 3.8) is 0 Å². The highest BCUT2D eigenvalue weighted by atomic mass is 32.1. The fraction of sp³-hybridized carbons (Fsp3) is 0.652. The average Bonchev–Trinajstić information content (AvgIpc) is 3.29. The number of aromatic nitrogens is 1. The molecule has 1 fully saturated rings. The van der Waals surface area contributed by atoms with Gasteiger partial charge >= 0.3 is 0 Å². The van der Waals surface area contributed by atoms with Crippen LogP contribution in [0.4, 0.5) is 0 Å². The molecule has 0 saturated heterocycles. The first-order chi connectivity index (χ1) is 14.5. The predicted molar refractivity (Wildman–Crippen MR) is 120 cm³/mol. The highest BCUT2D eigenvalue weighted by Crippen LogP contribution is 2.34. The number of rotatable bonds is 6. The van der Waals surface area contributed by atoms with Crippen LogP contribution >= 0.6 is 11.3 Å². The highest BCUT2D eigenvalue weighted by molar-refractivity contribution is 7.17. The zero-order valence-corrected chi connectivity index (χ0v) is 18.9. The molecule has 0 spiro atoms. The second-order valence-corrected chi connectivity index (χ2v) is 9.83. The summed E-state index contributed by atoms with van der Waals surface area (Å²) in [5.74, 6) is -0.0855. The topological polar surface area (TPSA) is 63.6 Å². The maximum Gasteiger partial charge on any atom is 0.271 e. The van der Waals surface area contributed by atoms with E-state index in [0.717, 1.165) is 35.9 Å². The van der Waals surface area contributed by atoms with Crippen LogP contribution < -0.4 is 5.32 Å². The van der Waals surface area contributed by atoms with Gasteiger partial charge in [-0.15, -0.1) is 11.3 Å². The van der Waals surface area contributed by atoms with Crippen molar-refractivity contribution in [2.45, 2.75) is 76.4 Å². The molecule has 3 heterocycles. The quantitative estimate of drug-likeness (QED) is 0.698. The van der Waals surface area contributed by atoms with E-state index in [1.165, 1.54) is 19.3 Å². The summed E-state index contributed by atoms with van der Waals surface area (Å²) in [5.41, 5.74) is 0.823. The van der Waals surface area contributed by atoms with Crippen LogP contribution in [0.2, 0.25) is 0 Å². The second kappa shape index (κ2) is 9.10. The van der Waals surface area contributed by atoms with Crippen molar-refractivity contribution >= 4 is 33.4 Å². The van der Waals surface area contributed by atoms with Crippen molar-refractivity contribution in [1.82, 2.24) is 14.8 Å². The molecule has 1 aliphatic carbocycles. The van der Waals surface area contributed by atoms with E-state index in [1.807, 2.05) is 29.0 Å². The Morgan fingerprint density at radius 2 is 2.00 bits per heavy atom. The summed E-state index contributed by atoms with van der Waals surface area (Å²) in [7, 11) is 1.66. The number of carbonyl (C=O) groups excluding carboxylic acids is 2. The maximum absolute atomic E-state index is 13.6. The zero-order valence-electron chi connectivity index (χ0n) is 18.1. The molecule has 0 radical (unpaired) electrons. The van der Waals surface area contributed by atoms with Crippen molar-refractivity contribution in [2.75, 3.05) is 20.3 Å². The van der Waals surface area contributed by atoms with Crippen molar-refractivity contribution in [2.24, 2.45) is 0 Å². The minimum Gasteiger partial charge on any atom is -0.385 e. The van der Waals surface area contributed by atoms with E-state index in [1.54, 1.807) is 23.3 Å². The summed E-state index contributed by atoms with van der Waals surface area (Å²) >= 11 is 1.63. The Bertz CT molecular complexity index is 897. The normalized spacial score (nSPS) is 23.3. The molecule has 2 aromatic heterocycles. The fourth-order valence-electron chi connectivity index (χ4n) is 4.93. The molecule has 30 heavy (non-hydrogen) atoms. The van der Waals surface area contributed by atoms with Gasteiger partial charge in [-0.25, -0.2) is 0 Å². The Morgan fingerprint density at radius 3 is 2.73 bits per heavy atom. The van der Waals surface area contributed by atoms with Gasteiger partial charge in [-0.05, 0) is 43.7 Å². The number of ether oxygens (including phenoxy) is 1. The Morgan fingerprint density at radius 1 is 1.27 bits per heavy atom. The number of methoxy groups -OCH3 is 1. The van der Waals surface area contributed by atoms with Crippen LogP contribution in [-0.4, -0.2) is 53.1 Å². The van der Waals surface area contributed by atoms with Crippen molar-refractivity contribution in [3.05, 3.63) is 23.2 Å². The zero-order chi connectivity index (χ0) is 21.1. The van der Waals surface area contributed by atoms with E-state index in [2.05, 4.69) is 5.32 Å². The Hall–Kier alpha value is -1.86. The van der Waals surface area contributed by atoms with E-state index in [-0.39, 0.29) is 17.9 Å². The molecule has 0 unspecified atom stereocenters. The number of amides is 2. The lowest BCUT2D eigenvalue weighted by Gasteiger charge is -2.44. The van der Waals surface area contributed by atoms with Crippen molar-refractivity contribution in [1.29, 1.82) is 0 Å². The SMILES string of the molecule is COCCCN1C(=O)c2cc3sccc3n2C[C@@]1(C)C(=O)NC1CCCCCCC1. The Balaban J connectivity index is 1.61. The van der Waals surface area contributed by atoms with Crippen LogP contribution in [-0.2, 0) is 16.1 Å². The van der Waals surface area contributed by atoms with Gasteiger partial charge in [0.25, 0.3) is 5.91 Å². The molecule has 2 aliphatic rings. The van der Waals surface area contributed by atoms with Gasteiger partial charge in [0.2, 0.25) is 5.91 Å². The molecular weight excluding hydrogens is 398 g/mol. The van der Waals surface area contributed by atoms with Gasteiger partial charge in [0.1, 0.15) is 11.2 Å². The van der Waals surface area contributed by atoms with E-state index in [4.69, 9.17) is 4.74 Å². The lowest BCUT2D eigenvalue weighted by Crippen LogP contribution is -2.65. The maximum atomic E-state index is 13.6. The van der Waals surface area contributed by atoms with E-state index < -0.39 is 5.54 Å². The third-order valence-corrected chi connectivity index (χ3v) is 7.56. The standard InChI is InChI=1S/C23H33N3O3S/c1-23(22(28)24-17-9-6-4-3-5-7-10-17)16-25-18-11-14-30-20(18)15-19(25)21(27)26(23)12-8-13-29-2/h11,14-15,17H,3-10,12-13,16H2,1-2H3,(H,24,28)/t23-/m0/s1. The lowest BCUT2D eigenvalue weighted by atomic mass is 9.92. The van der Waals surface area contributed by atoms with Crippen LogP contribution in [0, 0.1) is 0 Å². The minimum atomic E-state index is -0.909. The molecule has 1 saturated carbocycles. The van der Waals surface area contributed by atoms with Gasteiger partial charge in [-0.3, -0.25) is 9.59 Å². The first-order valence-corrected chi connectivity index (χ1v) is 12.1. The smallest absolute Gasteiger partial charge is 0.271 e. The number of carbonyl (C=O) groups is 2. The molecule has 2 amide bonds. The van der Waals surface area contributed by atoms with Crippen LogP contribution in [0.3, 0.4) is 0 Å². The largest absolute Gasteiger partial charge is 0.385 e. The molecule has 1 N–H and O–H groups in total. The summed E-state index contributed by atoms with van der Waals surface area (Å²) in [6.07, 6.45) is 8.88. The first-order valence-electron chi connectivity index (χ1n) is 11.2. The molecular formula is C23H33N3O3S. The molecule has 4 rings (SSSR count). The van der Waals surface area contributed by atoms with Gasteiger partial charge in [-0.1, -0.05) is 32.1 Å². The van der Waals surface area contributed by atoms with Crippen LogP contribution in [0.1, 0.15) is 68.8 Å². The lowest BCUT2D eigenvalue weighted by molar-refractivity contribution is -0.133. The molecule has 164 valence electrons. The molecule has 2 aromatic rings. The van der Waals surface area contributed by atoms with Crippen LogP contribution in [0.15, 0.2) is 17.5 Å². The monoisotopic (exact) mass is 431 g/mol. The van der Waals surface area contributed by atoms with Crippen molar-refractivity contribution < 1.29 is 14.3 Å². The number of hydrogen-bond acceptors (Lipinski definition) is 4. The van der Waals surface area contributed by atoms with E-state index >= 15 is 0 Å². The Labute approximate surface area is 182 Å². The summed E-state index contributed by atoms with van der Waals surface area (Å²) in [6.45, 7) is 3.50. The average molecular weight is 432 g/mol. The summed E-state index contributed by atoms with van der Waals surface area (Å²) in [4.78, 5) is 28.9. The summed E-state index contributed by atoms with van der Waals surface area (Å²) < 4.78 is 8.34. The van der Waals surface area contributed by atoms with Gasteiger partial charge in [-0.2, -0.15) is 0 Å². The molecule has 6 nitrogen and oxygen atoms in total. The van der Waals surface area contributed by atoms with Gasteiger partial charge in [0.05, 0.1) is 16.8 Å². The number of thiophene rings is 1. The molecule has 0 bridgehead atoms. The number of fused-ring (bicyclic) bond motifs is 3. The third kappa shape index (κ3) is 4.02. The molecule has 1 atom stereocenters.